The summed E-state index contributed by atoms with van der Waals surface area (Å²) in [6.07, 6.45) is 4.66. The molecule has 0 aromatic carbocycles. The Morgan fingerprint density at radius 1 is 1.20 bits per heavy atom. The zero-order valence-electron chi connectivity index (χ0n) is 9.03. The molecule has 0 saturated heterocycles. The Morgan fingerprint density at radius 2 is 1.67 bits per heavy atom. The highest BCUT2D eigenvalue weighted by Crippen LogP contribution is 2.49. The molecule has 84 valence electrons. The van der Waals surface area contributed by atoms with Gasteiger partial charge in [-0.2, -0.15) is 0 Å². The van der Waals surface area contributed by atoms with Gasteiger partial charge in [-0.3, -0.25) is 9.59 Å². The van der Waals surface area contributed by atoms with E-state index >= 15 is 0 Å². The molecule has 0 unspecified atom stereocenters. The summed E-state index contributed by atoms with van der Waals surface area (Å²) < 4.78 is 0. The van der Waals surface area contributed by atoms with Gasteiger partial charge in [-0.05, 0) is 44.4 Å². The summed E-state index contributed by atoms with van der Waals surface area (Å²) in [4.78, 5) is 22.7. The number of hydrogen-bond acceptors (Lipinski definition) is 2. The minimum absolute atomic E-state index is 0.0336. The lowest BCUT2D eigenvalue weighted by atomic mass is 9.96. The van der Waals surface area contributed by atoms with Crippen molar-refractivity contribution in [2.45, 2.75) is 38.6 Å². The van der Waals surface area contributed by atoms with Gasteiger partial charge in [-0.25, -0.2) is 0 Å². The van der Waals surface area contributed by atoms with Crippen molar-refractivity contribution in [3.63, 3.8) is 0 Å². The standard InChI is InChI=1S/C11H18N2O2/c1-6(10(12)14)13-11(15)9(7-2-3-7)8-4-5-8/h6-9H,2-5H2,1H3,(H2,12,14)(H,13,15)/t6-/m0/s1. The fourth-order valence-corrected chi connectivity index (χ4v) is 2.10. The van der Waals surface area contributed by atoms with Crippen LogP contribution in [0, 0.1) is 17.8 Å². The molecule has 0 bridgehead atoms. The van der Waals surface area contributed by atoms with E-state index < -0.39 is 11.9 Å². The predicted molar refractivity (Wildman–Crippen MR) is 55.7 cm³/mol. The largest absolute Gasteiger partial charge is 0.368 e. The molecule has 2 amide bonds. The van der Waals surface area contributed by atoms with E-state index in [1.807, 2.05) is 0 Å². The zero-order valence-corrected chi connectivity index (χ0v) is 9.03. The Labute approximate surface area is 89.6 Å². The molecular weight excluding hydrogens is 192 g/mol. The van der Waals surface area contributed by atoms with Crippen molar-refractivity contribution in [3.8, 4) is 0 Å². The normalized spacial score (nSPS) is 22.5. The molecular formula is C11H18N2O2. The molecule has 2 saturated carbocycles. The third kappa shape index (κ3) is 2.49. The van der Waals surface area contributed by atoms with Crippen molar-refractivity contribution in [2.24, 2.45) is 23.5 Å². The molecule has 0 aromatic heterocycles. The number of amides is 2. The van der Waals surface area contributed by atoms with Gasteiger partial charge in [0.1, 0.15) is 6.04 Å². The topological polar surface area (TPSA) is 72.2 Å². The van der Waals surface area contributed by atoms with E-state index in [-0.39, 0.29) is 11.8 Å². The molecule has 0 radical (unpaired) electrons. The number of nitrogens with two attached hydrogens (primary N) is 1. The van der Waals surface area contributed by atoms with Crippen molar-refractivity contribution in [3.05, 3.63) is 0 Å². The quantitative estimate of drug-likeness (QED) is 0.690. The van der Waals surface area contributed by atoms with Crippen LogP contribution in [0.1, 0.15) is 32.6 Å². The van der Waals surface area contributed by atoms with Crippen molar-refractivity contribution in [1.82, 2.24) is 5.32 Å². The van der Waals surface area contributed by atoms with E-state index in [1.54, 1.807) is 6.92 Å². The van der Waals surface area contributed by atoms with Crippen molar-refractivity contribution < 1.29 is 9.59 Å². The van der Waals surface area contributed by atoms with Crippen LogP contribution in [0.5, 0.6) is 0 Å². The number of nitrogens with one attached hydrogen (secondary N) is 1. The van der Waals surface area contributed by atoms with Crippen LogP contribution in [0.4, 0.5) is 0 Å². The summed E-state index contributed by atoms with van der Waals surface area (Å²) >= 11 is 0. The van der Waals surface area contributed by atoms with Crippen LogP contribution in [0.3, 0.4) is 0 Å². The predicted octanol–water partition coefficient (Wildman–Crippen LogP) is 0.413. The molecule has 4 nitrogen and oxygen atoms in total. The average Bonchev–Trinajstić information content (AvgIpc) is 2.97. The maximum absolute atomic E-state index is 11.9. The van der Waals surface area contributed by atoms with Crippen LogP contribution in [0.25, 0.3) is 0 Å². The lowest BCUT2D eigenvalue weighted by Gasteiger charge is -2.17. The van der Waals surface area contributed by atoms with Crippen LogP contribution in [0.15, 0.2) is 0 Å². The third-order valence-corrected chi connectivity index (χ3v) is 3.35. The van der Waals surface area contributed by atoms with Gasteiger partial charge in [-0.15, -0.1) is 0 Å². The second-order valence-electron chi connectivity index (χ2n) is 4.83. The third-order valence-electron chi connectivity index (χ3n) is 3.35. The van der Waals surface area contributed by atoms with Gasteiger partial charge in [0.05, 0.1) is 0 Å². The summed E-state index contributed by atoms with van der Waals surface area (Å²) in [7, 11) is 0. The summed E-state index contributed by atoms with van der Waals surface area (Å²) in [5.41, 5.74) is 5.11. The zero-order chi connectivity index (χ0) is 11.0. The highest BCUT2D eigenvalue weighted by Gasteiger charge is 2.45. The lowest BCUT2D eigenvalue weighted by molar-refractivity contribution is -0.130. The van der Waals surface area contributed by atoms with Gasteiger partial charge in [0, 0.05) is 5.92 Å². The van der Waals surface area contributed by atoms with E-state index in [4.69, 9.17) is 5.73 Å². The molecule has 3 N–H and O–H groups in total. The number of hydrogen-bond donors (Lipinski definition) is 2. The first-order chi connectivity index (χ1) is 7.09. The lowest BCUT2D eigenvalue weighted by Crippen LogP contribution is -2.45. The van der Waals surface area contributed by atoms with Crippen LogP contribution in [-0.4, -0.2) is 17.9 Å². The number of carbonyl (C=O) groups is 2. The minimum atomic E-state index is -0.544. The summed E-state index contributed by atoms with van der Waals surface area (Å²) in [5.74, 6) is 0.849. The Morgan fingerprint density at radius 3 is 2.00 bits per heavy atom. The Kier molecular flexibility index (Phi) is 2.67. The second kappa shape index (κ2) is 3.83. The van der Waals surface area contributed by atoms with Gasteiger partial charge in [0.2, 0.25) is 11.8 Å². The van der Waals surface area contributed by atoms with Crippen LogP contribution < -0.4 is 11.1 Å². The monoisotopic (exact) mass is 210 g/mol. The second-order valence-corrected chi connectivity index (χ2v) is 4.83. The molecule has 1 atom stereocenters. The maximum Gasteiger partial charge on any atom is 0.239 e. The fraction of sp³-hybridized carbons (Fsp3) is 0.818. The van der Waals surface area contributed by atoms with Gasteiger partial charge in [-0.1, -0.05) is 0 Å². The molecule has 0 aliphatic heterocycles. The smallest absolute Gasteiger partial charge is 0.239 e. The Balaban J connectivity index is 1.89. The molecule has 15 heavy (non-hydrogen) atoms. The van der Waals surface area contributed by atoms with Gasteiger partial charge in [0.15, 0.2) is 0 Å². The number of rotatable bonds is 5. The average molecular weight is 210 g/mol. The highest BCUT2D eigenvalue weighted by molar-refractivity contribution is 5.87. The first-order valence-electron chi connectivity index (χ1n) is 5.69. The van der Waals surface area contributed by atoms with Crippen molar-refractivity contribution in [1.29, 1.82) is 0 Å². The first-order valence-corrected chi connectivity index (χ1v) is 5.69. The first kappa shape index (κ1) is 10.5. The molecule has 2 aliphatic rings. The van der Waals surface area contributed by atoms with Crippen LogP contribution in [-0.2, 0) is 9.59 Å². The molecule has 0 spiro atoms. The van der Waals surface area contributed by atoms with E-state index in [1.165, 1.54) is 25.7 Å². The SMILES string of the molecule is C[C@H](NC(=O)C(C1CC1)C1CC1)C(N)=O. The van der Waals surface area contributed by atoms with Crippen molar-refractivity contribution in [2.75, 3.05) is 0 Å². The van der Waals surface area contributed by atoms with E-state index in [9.17, 15) is 9.59 Å². The van der Waals surface area contributed by atoms with Crippen LogP contribution >= 0.6 is 0 Å². The number of primary amides is 1. The summed E-state index contributed by atoms with van der Waals surface area (Å²) in [6.45, 7) is 1.64. The van der Waals surface area contributed by atoms with Crippen molar-refractivity contribution >= 4 is 11.8 Å². The fourth-order valence-electron chi connectivity index (χ4n) is 2.10. The van der Waals surface area contributed by atoms with Gasteiger partial charge in [0.25, 0.3) is 0 Å². The Hall–Kier alpha value is -1.06. The summed E-state index contributed by atoms with van der Waals surface area (Å²) in [5, 5.41) is 2.71. The molecule has 0 heterocycles. The minimum Gasteiger partial charge on any atom is -0.368 e. The van der Waals surface area contributed by atoms with Gasteiger partial charge < -0.3 is 11.1 Å². The Bertz CT molecular complexity index is 270. The highest BCUT2D eigenvalue weighted by atomic mass is 16.2. The number of carbonyl (C=O) groups excluding carboxylic acids is 2. The summed E-state index contributed by atoms with van der Waals surface area (Å²) in [6, 6.07) is -0.544. The van der Waals surface area contributed by atoms with Crippen LogP contribution in [0.2, 0.25) is 0 Å². The van der Waals surface area contributed by atoms with Gasteiger partial charge >= 0.3 is 0 Å². The maximum atomic E-state index is 11.9. The molecule has 0 aromatic rings. The molecule has 2 fully saturated rings. The van der Waals surface area contributed by atoms with E-state index in [0.717, 1.165) is 0 Å². The van der Waals surface area contributed by atoms with E-state index in [0.29, 0.717) is 11.8 Å². The molecule has 2 rings (SSSR count). The van der Waals surface area contributed by atoms with E-state index in [2.05, 4.69) is 5.32 Å². The molecule has 4 heteroatoms. The molecule has 2 aliphatic carbocycles.